The van der Waals surface area contributed by atoms with Crippen LogP contribution in [0.4, 0.5) is 0 Å². The van der Waals surface area contributed by atoms with Crippen molar-refractivity contribution < 1.29 is 24.9 Å². The molecule has 4 aliphatic carbocycles. The quantitative estimate of drug-likeness (QED) is 0.573. The van der Waals surface area contributed by atoms with Crippen LogP contribution in [0, 0.1) is 34.0 Å². The molecular formula is C20H28O5. The van der Waals surface area contributed by atoms with Gasteiger partial charge >= 0.3 is 0 Å². The van der Waals surface area contributed by atoms with Gasteiger partial charge in [0, 0.05) is 17.3 Å². The molecular weight excluding hydrogens is 320 g/mol. The molecule has 5 nitrogen and oxygen atoms in total. The monoisotopic (exact) mass is 348 g/mol. The van der Waals surface area contributed by atoms with E-state index in [1.165, 1.54) is 0 Å². The minimum Gasteiger partial charge on any atom is -0.393 e. The molecule has 0 heterocycles. The van der Waals surface area contributed by atoms with E-state index in [4.69, 9.17) is 0 Å². The van der Waals surface area contributed by atoms with E-state index in [0.717, 1.165) is 0 Å². The minimum absolute atomic E-state index is 0.149. The molecule has 2 bridgehead atoms. The second-order valence-corrected chi connectivity index (χ2v) is 9.70. The molecule has 0 aromatic heterocycles. The normalized spacial score (nSPS) is 54.2. The largest absolute Gasteiger partial charge is 0.393 e. The summed E-state index contributed by atoms with van der Waals surface area (Å²) in [5.41, 5.74) is -2.11. The van der Waals surface area contributed by atoms with Crippen LogP contribution in [0.5, 0.6) is 0 Å². The Bertz CT molecular complexity index is 682. The Kier molecular flexibility index (Phi) is 3.35. The third-order valence-corrected chi connectivity index (χ3v) is 8.23. The zero-order valence-corrected chi connectivity index (χ0v) is 15.2. The number of aliphatic hydroxyl groups excluding tert-OH is 3. The van der Waals surface area contributed by atoms with E-state index in [0.29, 0.717) is 31.3 Å². The van der Waals surface area contributed by atoms with Crippen molar-refractivity contribution in [2.45, 2.75) is 64.8 Å². The first kappa shape index (κ1) is 17.4. The van der Waals surface area contributed by atoms with Gasteiger partial charge in [0.1, 0.15) is 6.10 Å². The maximum Gasteiger partial charge on any atom is 0.168 e. The Morgan fingerprint density at radius 1 is 1.12 bits per heavy atom. The number of fused-ring (bicyclic) bond motifs is 3. The number of carbonyl (C=O) groups excluding carboxylic acids is 2. The van der Waals surface area contributed by atoms with Crippen molar-refractivity contribution >= 4 is 11.6 Å². The van der Waals surface area contributed by atoms with E-state index in [9.17, 15) is 24.9 Å². The Morgan fingerprint density at radius 2 is 1.76 bits per heavy atom. The molecule has 4 saturated carbocycles. The van der Waals surface area contributed by atoms with Crippen LogP contribution >= 0.6 is 0 Å². The van der Waals surface area contributed by atoms with Gasteiger partial charge in [0.15, 0.2) is 11.6 Å². The second kappa shape index (κ2) is 4.81. The average molecular weight is 348 g/mol. The van der Waals surface area contributed by atoms with Crippen molar-refractivity contribution in [3.63, 3.8) is 0 Å². The number of hydrogen-bond acceptors (Lipinski definition) is 5. The van der Waals surface area contributed by atoms with Crippen LogP contribution in [-0.2, 0) is 9.59 Å². The first-order valence-corrected chi connectivity index (χ1v) is 9.31. The van der Waals surface area contributed by atoms with Crippen LogP contribution < -0.4 is 0 Å². The van der Waals surface area contributed by atoms with Crippen molar-refractivity contribution in [2.24, 2.45) is 34.0 Å². The molecule has 0 unspecified atom stereocenters. The Hall–Kier alpha value is -1.04. The van der Waals surface area contributed by atoms with Gasteiger partial charge in [-0.2, -0.15) is 0 Å². The van der Waals surface area contributed by atoms with Crippen LogP contribution in [0.1, 0.15) is 46.5 Å². The molecule has 8 atom stereocenters. The molecule has 3 N–H and O–H groups in total. The fourth-order valence-electron chi connectivity index (χ4n) is 7.25. The van der Waals surface area contributed by atoms with E-state index in [2.05, 4.69) is 6.58 Å². The molecule has 138 valence electrons. The van der Waals surface area contributed by atoms with E-state index < -0.39 is 46.4 Å². The Labute approximate surface area is 148 Å². The summed E-state index contributed by atoms with van der Waals surface area (Å²) in [6.07, 6.45) is -0.852. The van der Waals surface area contributed by atoms with Gasteiger partial charge in [-0.3, -0.25) is 9.59 Å². The van der Waals surface area contributed by atoms with E-state index in [1.54, 1.807) is 0 Å². The minimum atomic E-state index is -1.43. The van der Waals surface area contributed by atoms with Crippen molar-refractivity contribution in [3.05, 3.63) is 12.2 Å². The molecule has 0 aromatic rings. The maximum atomic E-state index is 13.3. The van der Waals surface area contributed by atoms with Crippen molar-refractivity contribution in [1.82, 2.24) is 0 Å². The van der Waals surface area contributed by atoms with Gasteiger partial charge in [0.25, 0.3) is 0 Å². The molecule has 5 heteroatoms. The zero-order valence-electron chi connectivity index (χ0n) is 15.2. The van der Waals surface area contributed by atoms with Gasteiger partial charge < -0.3 is 15.3 Å². The van der Waals surface area contributed by atoms with Gasteiger partial charge in [-0.25, -0.2) is 0 Å². The van der Waals surface area contributed by atoms with Crippen LogP contribution in [-0.4, -0.2) is 45.2 Å². The third kappa shape index (κ3) is 1.75. The Balaban J connectivity index is 1.94. The summed E-state index contributed by atoms with van der Waals surface area (Å²) in [6, 6.07) is 0. The summed E-state index contributed by atoms with van der Waals surface area (Å²) in [5, 5.41) is 32.5. The predicted molar refractivity (Wildman–Crippen MR) is 90.4 cm³/mol. The second-order valence-electron chi connectivity index (χ2n) is 9.70. The lowest BCUT2D eigenvalue weighted by molar-refractivity contribution is -0.227. The standard InChI is InChI=1S/C20H28O5/c1-9-10-7-11(21)14-19(4)6-5-12(22)18(2,3)15(19)13(23)17(25)20(14,8-10)16(9)24/h10-12,14-15,17,21-22,25H,1,5-8H2,2-4H3/t10-,11-,12-,14-,15-,17-,19-,20+/m0/s1. The molecule has 1 spiro atoms. The van der Waals surface area contributed by atoms with E-state index in [-0.39, 0.29) is 17.5 Å². The number of ketones is 2. The molecule has 4 aliphatic rings. The zero-order chi connectivity index (χ0) is 18.5. The lowest BCUT2D eigenvalue weighted by Gasteiger charge is -2.64. The van der Waals surface area contributed by atoms with Crippen molar-refractivity contribution in [2.75, 3.05) is 0 Å². The maximum absolute atomic E-state index is 13.3. The SMILES string of the molecule is C=C1C(=O)[C@@]23C[C@@H]1C[C@H](O)[C@H]2[C@]1(C)CC[C@H](O)C(C)(C)[C@@H]1C(=O)[C@@H]3O. The summed E-state index contributed by atoms with van der Waals surface area (Å²) >= 11 is 0. The highest BCUT2D eigenvalue weighted by molar-refractivity contribution is 6.08. The first-order chi connectivity index (χ1) is 11.5. The number of Topliss-reactive ketones (excluding diaryl/α,β-unsaturated/α-hetero) is 2. The molecule has 0 radical (unpaired) electrons. The number of hydrogen-bond donors (Lipinski definition) is 3. The summed E-state index contributed by atoms with van der Waals surface area (Å²) in [5.74, 6) is -1.79. The van der Waals surface area contributed by atoms with Crippen LogP contribution in [0.3, 0.4) is 0 Å². The molecule has 0 amide bonds. The summed E-state index contributed by atoms with van der Waals surface area (Å²) in [6.45, 7) is 9.59. The first-order valence-electron chi connectivity index (χ1n) is 9.31. The molecule has 4 rings (SSSR count). The van der Waals surface area contributed by atoms with Crippen LogP contribution in [0.2, 0.25) is 0 Å². The highest BCUT2D eigenvalue weighted by atomic mass is 16.3. The van der Waals surface area contributed by atoms with Gasteiger partial charge in [-0.05, 0) is 42.6 Å². The van der Waals surface area contributed by atoms with Crippen molar-refractivity contribution in [1.29, 1.82) is 0 Å². The van der Waals surface area contributed by atoms with Crippen LogP contribution in [0.25, 0.3) is 0 Å². The molecule has 0 aliphatic heterocycles. The highest BCUT2D eigenvalue weighted by Gasteiger charge is 2.75. The lowest BCUT2D eigenvalue weighted by Crippen LogP contribution is -2.71. The van der Waals surface area contributed by atoms with E-state index in [1.807, 2.05) is 20.8 Å². The smallest absolute Gasteiger partial charge is 0.168 e. The number of rotatable bonds is 0. The predicted octanol–water partition coefficient (Wildman–Crippen LogP) is 1.25. The van der Waals surface area contributed by atoms with Crippen molar-refractivity contribution in [3.8, 4) is 0 Å². The fraction of sp³-hybridized carbons (Fsp3) is 0.800. The number of allylic oxidation sites excluding steroid dienone is 1. The fourth-order valence-corrected chi connectivity index (χ4v) is 7.25. The molecule has 0 aromatic carbocycles. The molecule has 25 heavy (non-hydrogen) atoms. The average Bonchev–Trinajstić information content (AvgIpc) is 2.72. The summed E-state index contributed by atoms with van der Waals surface area (Å²) in [4.78, 5) is 26.4. The number of aliphatic hydroxyl groups is 3. The Morgan fingerprint density at radius 3 is 2.40 bits per heavy atom. The lowest BCUT2D eigenvalue weighted by atomic mass is 9.39. The summed E-state index contributed by atoms with van der Waals surface area (Å²) < 4.78 is 0. The molecule has 0 saturated heterocycles. The topological polar surface area (TPSA) is 94.8 Å². The van der Waals surface area contributed by atoms with Crippen LogP contribution in [0.15, 0.2) is 12.2 Å². The third-order valence-electron chi connectivity index (χ3n) is 8.23. The highest BCUT2D eigenvalue weighted by Crippen LogP contribution is 2.70. The van der Waals surface area contributed by atoms with Gasteiger partial charge in [-0.1, -0.05) is 27.4 Å². The van der Waals surface area contributed by atoms with Gasteiger partial charge in [-0.15, -0.1) is 0 Å². The van der Waals surface area contributed by atoms with Gasteiger partial charge in [0.2, 0.25) is 0 Å². The molecule has 4 fully saturated rings. The van der Waals surface area contributed by atoms with E-state index >= 15 is 0 Å². The van der Waals surface area contributed by atoms with Gasteiger partial charge in [0.05, 0.1) is 17.6 Å². The summed E-state index contributed by atoms with van der Waals surface area (Å²) in [7, 11) is 0. The number of carbonyl (C=O) groups is 2.